The van der Waals surface area contributed by atoms with Crippen LogP contribution in [0, 0.1) is 5.92 Å². The van der Waals surface area contributed by atoms with Crippen molar-refractivity contribution in [1.29, 1.82) is 0 Å². The molecule has 0 bridgehead atoms. The Hall–Kier alpha value is -1.57. The average Bonchev–Trinajstić information content (AvgIpc) is 2.27. The first-order valence-electron chi connectivity index (χ1n) is 5.71. The van der Waals surface area contributed by atoms with Crippen LogP contribution in [0.2, 0.25) is 0 Å². The maximum atomic E-state index is 10.6. The van der Waals surface area contributed by atoms with Gasteiger partial charge in [-0.1, -0.05) is 38.3 Å². The number of hydrogen-bond acceptors (Lipinski definition) is 2. The molecule has 2 heteroatoms. The smallest absolute Gasteiger partial charge is 0.122 e. The van der Waals surface area contributed by atoms with E-state index in [4.69, 9.17) is 4.74 Å². The molecule has 0 aliphatic heterocycles. The fraction of sp³-hybridized carbons (Fsp3) is 0.400. The molecule has 0 heterocycles. The first-order valence-corrected chi connectivity index (χ1v) is 5.71. The van der Waals surface area contributed by atoms with E-state index in [1.807, 2.05) is 39.0 Å². The summed E-state index contributed by atoms with van der Waals surface area (Å²) in [5.41, 5.74) is -0.387. The molecular weight excluding hydrogens is 212 g/mol. The monoisotopic (exact) mass is 234 g/mol. The van der Waals surface area contributed by atoms with Crippen molar-refractivity contribution >= 4 is 6.29 Å². The third kappa shape index (κ3) is 7.34. The lowest BCUT2D eigenvalue weighted by Crippen LogP contribution is -2.27. The van der Waals surface area contributed by atoms with Gasteiger partial charge in [-0.2, -0.15) is 0 Å². The number of carbonyl (C=O) groups excluding carboxylic acids is 1. The lowest BCUT2D eigenvalue weighted by Gasteiger charge is -2.28. The van der Waals surface area contributed by atoms with Gasteiger partial charge in [0, 0.05) is 5.92 Å². The number of carbonyl (C=O) groups is 1. The van der Waals surface area contributed by atoms with Gasteiger partial charge in [0.15, 0.2) is 0 Å². The van der Waals surface area contributed by atoms with E-state index in [-0.39, 0.29) is 11.5 Å². The molecule has 0 saturated carbocycles. The second-order valence-electron chi connectivity index (χ2n) is 4.57. The molecule has 0 aromatic heterocycles. The van der Waals surface area contributed by atoms with Gasteiger partial charge in [0.25, 0.3) is 0 Å². The van der Waals surface area contributed by atoms with Crippen LogP contribution in [0.1, 0.15) is 27.2 Å². The summed E-state index contributed by atoms with van der Waals surface area (Å²) in [7, 11) is 0. The van der Waals surface area contributed by atoms with E-state index >= 15 is 0 Å². The summed E-state index contributed by atoms with van der Waals surface area (Å²) in [5.74, 6) is 0.672. The lowest BCUT2D eigenvalue weighted by atomic mass is 9.95. The van der Waals surface area contributed by atoms with Crippen LogP contribution in [0.3, 0.4) is 0 Å². The molecule has 0 saturated heterocycles. The van der Waals surface area contributed by atoms with Crippen molar-refractivity contribution in [3.8, 4) is 0 Å². The highest BCUT2D eigenvalue weighted by atomic mass is 16.5. The second kappa shape index (κ2) is 7.66. The van der Waals surface area contributed by atoms with Crippen molar-refractivity contribution in [1.82, 2.24) is 0 Å². The zero-order chi connectivity index (χ0) is 13.3. The van der Waals surface area contributed by atoms with Gasteiger partial charge in [0.05, 0.1) is 0 Å². The predicted molar refractivity (Wildman–Crippen MR) is 72.6 cm³/mol. The van der Waals surface area contributed by atoms with E-state index in [0.29, 0.717) is 12.2 Å². The number of aldehydes is 1. The summed E-state index contributed by atoms with van der Waals surface area (Å²) in [4.78, 5) is 10.6. The highest BCUT2D eigenvalue weighted by Crippen LogP contribution is 2.23. The van der Waals surface area contributed by atoms with E-state index in [9.17, 15) is 4.79 Å². The SMILES string of the molecule is C=C/C=C\C=C(/C=C)OC(C)(C)CC(C)C=O. The normalized spacial score (nSPS) is 14.4. The van der Waals surface area contributed by atoms with Gasteiger partial charge >= 0.3 is 0 Å². The Balaban J connectivity index is 4.59. The van der Waals surface area contributed by atoms with Crippen molar-refractivity contribution in [2.75, 3.05) is 0 Å². The highest BCUT2D eigenvalue weighted by molar-refractivity contribution is 5.52. The quantitative estimate of drug-likeness (QED) is 0.362. The van der Waals surface area contributed by atoms with E-state index in [2.05, 4.69) is 13.2 Å². The molecule has 0 rings (SSSR count). The molecular formula is C15H22O2. The lowest BCUT2D eigenvalue weighted by molar-refractivity contribution is -0.112. The van der Waals surface area contributed by atoms with E-state index in [1.54, 1.807) is 12.2 Å². The van der Waals surface area contributed by atoms with Crippen molar-refractivity contribution in [3.63, 3.8) is 0 Å². The molecule has 0 spiro atoms. The zero-order valence-electron chi connectivity index (χ0n) is 11.0. The summed E-state index contributed by atoms with van der Waals surface area (Å²) in [6.45, 7) is 13.1. The minimum absolute atomic E-state index is 0.0141. The van der Waals surface area contributed by atoms with Crippen LogP contribution in [0.4, 0.5) is 0 Å². The Labute approximate surface area is 104 Å². The molecule has 2 nitrogen and oxygen atoms in total. The maximum Gasteiger partial charge on any atom is 0.122 e. The van der Waals surface area contributed by atoms with Gasteiger partial charge in [0.2, 0.25) is 0 Å². The first-order chi connectivity index (χ1) is 7.95. The molecule has 17 heavy (non-hydrogen) atoms. The largest absolute Gasteiger partial charge is 0.488 e. The number of allylic oxidation sites excluding steroid dienone is 5. The molecule has 0 aromatic carbocycles. The van der Waals surface area contributed by atoms with Gasteiger partial charge < -0.3 is 9.53 Å². The maximum absolute atomic E-state index is 10.6. The minimum Gasteiger partial charge on any atom is -0.488 e. The fourth-order valence-corrected chi connectivity index (χ4v) is 1.56. The molecule has 1 unspecified atom stereocenters. The number of ether oxygens (including phenoxy) is 1. The Bertz CT molecular complexity index is 322. The molecule has 0 N–H and O–H groups in total. The van der Waals surface area contributed by atoms with Crippen LogP contribution in [0.5, 0.6) is 0 Å². The van der Waals surface area contributed by atoms with Crippen molar-refractivity contribution < 1.29 is 9.53 Å². The van der Waals surface area contributed by atoms with Gasteiger partial charge in [-0.15, -0.1) is 0 Å². The molecule has 94 valence electrons. The first kappa shape index (κ1) is 15.4. The van der Waals surface area contributed by atoms with Gasteiger partial charge in [-0.05, 0) is 32.4 Å². The van der Waals surface area contributed by atoms with Gasteiger partial charge in [-0.3, -0.25) is 0 Å². The van der Waals surface area contributed by atoms with E-state index in [1.165, 1.54) is 0 Å². The van der Waals surface area contributed by atoms with Crippen LogP contribution in [0.15, 0.2) is 49.3 Å². The van der Waals surface area contributed by atoms with Crippen LogP contribution < -0.4 is 0 Å². The van der Waals surface area contributed by atoms with Crippen LogP contribution >= 0.6 is 0 Å². The Kier molecular flexibility index (Phi) is 6.95. The summed E-state index contributed by atoms with van der Waals surface area (Å²) >= 11 is 0. The molecule has 0 fully saturated rings. The predicted octanol–water partition coefficient (Wildman–Crippen LogP) is 3.82. The van der Waals surface area contributed by atoms with E-state index in [0.717, 1.165) is 6.29 Å². The van der Waals surface area contributed by atoms with Gasteiger partial charge in [-0.25, -0.2) is 0 Å². The van der Waals surface area contributed by atoms with Crippen LogP contribution in [-0.4, -0.2) is 11.9 Å². The van der Waals surface area contributed by atoms with Crippen LogP contribution in [-0.2, 0) is 9.53 Å². The highest BCUT2D eigenvalue weighted by Gasteiger charge is 2.22. The summed E-state index contributed by atoms with van der Waals surface area (Å²) in [5, 5.41) is 0. The van der Waals surface area contributed by atoms with Crippen molar-refractivity contribution in [2.45, 2.75) is 32.8 Å². The van der Waals surface area contributed by atoms with Crippen molar-refractivity contribution in [2.24, 2.45) is 5.92 Å². The topological polar surface area (TPSA) is 26.3 Å². The second-order valence-corrected chi connectivity index (χ2v) is 4.57. The fourth-order valence-electron chi connectivity index (χ4n) is 1.56. The Morgan fingerprint density at radius 3 is 2.47 bits per heavy atom. The van der Waals surface area contributed by atoms with E-state index < -0.39 is 0 Å². The van der Waals surface area contributed by atoms with Crippen molar-refractivity contribution in [3.05, 3.63) is 49.3 Å². The molecule has 1 atom stereocenters. The number of hydrogen-bond donors (Lipinski definition) is 0. The third-order valence-electron chi connectivity index (χ3n) is 2.15. The molecule has 0 aromatic rings. The summed E-state index contributed by atoms with van der Waals surface area (Å²) in [6, 6.07) is 0. The zero-order valence-corrected chi connectivity index (χ0v) is 11.0. The number of rotatable bonds is 8. The summed E-state index contributed by atoms with van der Waals surface area (Å²) < 4.78 is 5.80. The minimum atomic E-state index is -0.387. The molecule has 0 amide bonds. The Morgan fingerprint density at radius 2 is 2.00 bits per heavy atom. The van der Waals surface area contributed by atoms with Gasteiger partial charge in [0.1, 0.15) is 17.6 Å². The molecule has 0 aliphatic carbocycles. The average molecular weight is 234 g/mol. The summed E-state index contributed by atoms with van der Waals surface area (Å²) in [6.07, 6.45) is 10.4. The standard InChI is InChI=1S/C15H22O2/c1-6-8-9-10-14(7-2)17-15(4,5)11-13(3)12-16/h6-10,12-13H,1-2,11H2,3-5H3/b9-8-,14-10+. The molecule has 0 aliphatic rings. The Morgan fingerprint density at radius 1 is 1.35 bits per heavy atom. The van der Waals surface area contributed by atoms with Crippen LogP contribution in [0.25, 0.3) is 0 Å². The molecule has 0 radical (unpaired) electrons. The third-order valence-corrected chi connectivity index (χ3v) is 2.15.